The van der Waals surface area contributed by atoms with Crippen LogP contribution in [0.15, 0.2) is 0 Å². The van der Waals surface area contributed by atoms with Gasteiger partial charge in [-0.05, 0) is 63.0 Å². The van der Waals surface area contributed by atoms with E-state index in [2.05, 4.69) is 57.3 Å². The third kappa shape index (κ3) is 5.50. The average molecular weight is 273 g/mol. The van der Waals surface area contributed by atoms with E-state index in [1.54, 1.807) is 0 Å². The molecule has 1 rings (SSSR count). The Bertz CT molecular complexity index is 227. The van der Waals surface area contributed by atoms with Crippen molar-refractivity contribution in [3.05, 3.63) is 0 Å². The lowest BCUT2D eigenvalue weighted by Gasteiger charge is -2.38. The van der Waals surface area contributed by atoms with Crippen LogP contribution in [0.2, 0.25) is 0 Å². The molecular formula is C15H32N2S. The number of rotatable bonds is 5. The molecule has 1 fully saturated rings. The quantitative estimate of drug-likeness (QED) is 0.769. The van der Waals surface area contributed by atoms with Crippen LogP contribution in [0.1, 0.15) is 33.6 Å². The van der Waals surface area contributed by atoms with Crippen molar-refractivity contribution >= 4 is 12.6 Å². The summed E-state index contributed by atoms with van der Waals surface area (Å²) in [5, 5.41) is 0. The van der Waals surface area contributed by atoms with Gasteiger partial charge in [0.2, 0.25) is 0 Å². The number of likely N-dealkylation sites (tertiary alicyclic amines) is 1. The molecule has 0 bridgehead atoms. The topological polar surface area (TPSA) is 6.48 Å². The van der Waals surface area contributed by atoms with Crippen molar-refractivity contribution in [2.24, 2.45) is 17.3 Å². The van der Waals surface area contributed by atoms with Gasteiger partial charge in [0.1, 0.15) is 0 Å². The fraction of sp³-hybridized carbons (Fsp3) is 1.00. The summed E-state index contributed by atoms with van der Waals surface area (Å²) in [7, 11) is 4.37. The van der Waals surface area contributed by atoms with Crippen LogP contribution in [-0.2, 0) is 0 Å². The van der Waals surface area contributed by atoms with Crippen LogP contribution in [0.4, 0.5) is 0 Å². The van der Waals surface area contributed by atoms with Crippen LogP contribution in [0, 0.1) is 17.3 Å². The van der Waals surface area contributed by atoms with Crippen molar-refractivity contribution in [1.82, 2.24) is 9.80 Å². The Morgan fingerprint density at radius 1 is 1.22 bits per heavy atom. The van der Waals surface area contributed by atoms with Gasteiger partial charge in [0.15, 0.2) is 0 Å². The van der Waals surface area contributed by atoms with Gasteiger partial charge < -0.3 is 9.80 Å². The van der Waals surface area contributed by atoms with Crippen LogP contribution in [0.3, 0.4) is 0 Å². The molecule has 1 aliphatic heterocycles. The van der Waals surface area contributed by atoms with Gasteiger partial charge in [-0.3, -0.25) is 0 Å². The standard InChI is InChI=1S/C15H32N2S/c1-15(2,3)14(12-18)11-17-8-6-13(7-9-17)10-16(4)5/h13-14,18H,6-12H2,1-5H3. The first-order valence-electron chi connectivity index (χ1n) is 7.31. The highest BCUT2D eigenvalue weighted by Gasteiger charge is 2.27. The fourth-order valence-corrected chi connectivity index (χ4v) is 3.45. The molecule has 108 valence electrons. The fourth-order valence-electron chi connectivity index (χ4n) is 2.79. The summed E-state index contributed by atoms with van der Waals surface area (Å²) < 4.78 is 0. The minimum Gasteiger partial charge on any atom is -0.309 e. The Hall–Kier alpha value is 0.270. The Kier molecular flexibility index (Phi) is 6.49. The van der Waals surface area contributed by atoms with Gasteiger partial charge in [0, 0.05) is 13.1 Å². The molecule has 0 aliphatic carbocycles. The molecule has 0 saturated carbocycles. The zero-order valence-corrected chi connectivity index (χ0v) is 13.8. The predicted molar refractivity (Wildman–Crippen MR) is 84.5 cm³/mol. The van der Waals surface area contributed by atoms with E-state index in [4.69, 9.17) is 0 Å². The number of hydrogen-bond donors (Lipinski definition) is 1. The minimum absolute atomic E-state index is 0.377. The monoisotopic (exact) mass is 272 g/mol. The molecule has 0 aromatic rings. The van der Waals surface area contributed by atoms with E-state index in [0.29, 0.717) is 11.3 Å². The van der Waals surface area contributed by atoms with Crippen molar-refractivity contribution in [2.75, 3.05) is 46.0 Å². The van der Waals surface area contributed by atoms with E-state index in [1.807, 2.05) is 0 Å². The third-order valence-electron chi connectivity index (χ3n) is 4.25. The van der Waals surface area contributed by atoms with Crippen molar-refractivity contribution in [3.8, 4) is 0 Å². The molecule has 1 atom stereocenters. The van der Waals surface area contributed by atoms with E-state index in [9.17, 15) is 0 Å². The van der Waals surface area contributed by atoms with E-state index >= 15 is 0 Å². The van der Waals surface area contributed by atoms with Gasteiger partial charge in [-0.2, -0.15) is 12.6 Å². The average Bonchev–Trinajstić information content (AvgIpc) is 2.25. The van der Waals surface area contributed by atoms with Crippen LogP contribution in [-0.4, -0.2) is 55.8 Å². The molecule has 0 spiro atoms. The second-order valence-corrected chi connectivity index (χ2v) is 7.62. The smallest absolute Gasteiger partial charge is 0.00225 e. The summed E-state index contributed by atoms with van der Waals surface area (Å²) in [5.41, 5.74) is 0.377. The van der Waals surface area contributed by atoms with Crippen LogP contribution in [0.25, 0.3) is 0 Å². The highest BCUT2D eigenvalue weighted by molar-refractivity contribution is 7.80. The first-order chi connectivity index (χ1) is 8.32. The Morgan fingerprint density at radius 3 is 2.17 bits per heavy atom. The molecule has 0 amide bonds. The van der Waals surface area contributed by atoms with Gasteiger partial charge in [-0.15, -0.1) is 0 Å². The lowest BCUT2D eigenvalue weighted by Crippen LogP contribution is -2.42. The summed E-state index contributed by atoms with van der Waals surface area (Å²) in [6.07, 6.45) is 2.73. The van der Waals surface area contributed by atoms with Crippen molar-refractivity contribution < 1.29 is 0 Å². The highest BCUT2D eigenvalue weighted by Crippen LogP contribution is 2.29. The third-order valence-corrected chi connectivity index (χ3v) is 4.69. The number of piperidine rings is 1. The van der Waals surface area contributed by atoms with E-state index in [0.717, 1.165) is 11.7 Å². The largest absolute Gasteiger partial charge is 0.309 e. The van der Waals surface area contributed by atoms with Gasteiger partial charge in [-0.25, -0.2) is 0 Å². The number of hydrogen-bond acceptors (Lipinski definition) is 3. The first kappa shape index (κ1) is 16.3. The van der Waals surface area contributed by atoms with Gasteiger partial charge in [0.05, 0.1) is 0 Å². The van der Waals surface area contributed by atoms with Crippen LogP contribution >= 0.6 is 12.6 Å². The predicted octanol–water partition coefficient (Wildman–Crippen LogP) is 2.85. The van der Waals surface area contributed by atoms with Crippen molar-refractivity contribution in [3.63, 3.8) is 0 Å². The molecule has 1 heterocycles. The molecule has 1 unspecified atom stereocenters. The van der Waals surface area contributed by atoms with Crippen LogP contribution in [0.5, 0.6) is 0 Å². The zero-order chi connectivity index (χ0) is 13.8. The first-order valence-corrected chi connectivity index (χ1v) is 7.94. The van der Waals surface area contributed by atoms with Gasteiger partial charge in [0.25, 0.3) is 0 Å². The molecule has 0 aromatic heterocycles. The maximum atomic E-state index is 4.54. The van der Waals surface area contributed by atoms with E-state index in [-0.39, 0.29) is 0 Å². The minimum atomic E-state index is 0.377. The Morgan fingerprint density at radius 2 is 1.78 bits per heavy atom. The second kappa shape index (κ2) is 7.16. The summed E-state index contributed by atoms with van der Waals surface area (Å²) in [5.74, 6) is 2.60. The molecule has 3 heteroatoms. The number of nitrogens with zero attached hydrogens (tertiary/aromatic N) is 2. The summed E-state index contributed by atoms with van der Waals surface area (Å²) in [4.78, 5) is 4.98. The summed E-state index contributed by atoms with van der Waals surface area (Å²) >= 11 is 4.54. The maximum absolute atomic E-state index is 4.54. The molecular weight excluding hydrogens is 240 g/mol. The van der Waals surface area contributed by atoms with E-state index < -0.39 is 0 Å². The van der Waals surface area contributed by atoms with Crippen molar-refractivity contribution in [1.29, 1.82) is 0 Å². The molecule has 2 nitrogen and oxygen atoms in total. The maximum Gasteiger partial charge on any atom is 0.00225 e. The molecule has 1 saturated heterocycles. The van der Waals surface area contributed by atoms with Gasteiger partial charge >= 0.3 is 0 Å². The second-order valence-electron chi connectivity index (χ2n) is 7.25. The normalized spacial score (nSPS) is 21.5. The molecule has 18 heavy (non-hydrogen) atoms. The zero-order valence-electron chi connectivity index (χ0n) is 12.9. The van der Waals surface area contributed by atoms with Gasteiger partial charge in [-0.1, -0.05) is 20.8 Å². The van der Waals surface area contributed by atoms with E-state index in [1.165, 1.54) is 39.0 Å². The lowest BCUT2D eigenvalue weighted by molar-refractivity contribution is 0.116. The number of thiol groups is 1. The molecule has 1 aliphatic rings. The lowest BCUT2D eigenvalue weighted by atomic mass is 9.81. The Labute approximate surface area is 120 Å². The summed E-state index contributed by atoms with van der Waals surface area (Å²) in [6, 6.07) is 0. The SMILES string of the molecule is CN(C)CC1CCN(CC(CS)C(C)(C)C)CC1. The van der Waals surface area contributed by atoms with Crippen molar-refractivity contribution in [2.45, 2.75) is 33.6 Å². The summed E-state index contributed by atoms with van der Waals surface area (Å²) in [6.45, 7) is 12.1. The van der Waals surface area contributed by atoms with Crippen LogP contribution < -0.4 is 0 Å². The molecule has 0 radical (unpaired) electrons. The Balaban J connectivity index is 2.34. The highest BCUT2D eigenvalue weighted by atomic mass is 32.1. The molecule has 0 aromatic carbocycles. The molecule has 0 N–H and O–H groups in total.